The van der Waals surface area contributed by atoms with Crippen LogP contribution in [0.3, 0.4) is 0 Å². The summed E-state index contributed by atoms with van der Waals surface area (Å²) in [5.41, 5.74) is 5.81. The van der Waals surface area contributed by atoms with Gasteiger partial charge in [0.05, 0.1) is 101 Å². The van der Waals surface area contributed by atoms with Gasteiger partial charge >= 0.3 is 0 Å². The third kappa shape index (κ3) is 9.51. The summed E-state index contributed by atoms with van der Waals surface area (Å²) in [5, 5.41) is 53.1. The van der Waals surface area contributed by atoms with Crippen molar-refractivity contribution in [3.05, 3.63) is 116 Å². The zero-order chi connectivity index (χ0) is 50.6. The highest BCUT2D eigenvalue weighted by atomic mass is 16.5. The zero-order valence-electron chi connectivity index (χ0n) is 41.0. The molecule has 0 N–H and O–H groups in total. The standard InChI is InChI=1S/C55H55N5O10/c1-61-46-26-47(62-2)37-21-36(46)31(11-16-56)38-22-39(49(64-4)27-48(38)63-3)33(13-18-58)42-24-43(53(68-8)29-52(42)67-7)35(15-20-60)45-25-44(54(69-9)30-55(45)70-10)34(14-19-59)41-23-40(32(37)12-17-57)50(65-5)28-51(41)66-6/h21-35H,11-15H2,1-10H3. The van der Waals surface area contributed by atoms with Crippen molar-refractivity contribution >= 4 is 0 Å². The summed E-state index contributed by atoms with van der Waals surface area (Å²) in [7, 11) is 15.3. The molecule has 0 atom stereocenters. The van der Waals surface area contributed by atoms with Crippen molar-refractivity contribution in [2.75, 3.05) is 71.1 Å². The van der Waals surface area contributed by atoms with E-state index in [0.717, 1.165) is 0 Å². The number of nitrogens with zero attached hydrogens (tertiary/aromatic N) is 5. The van der Waals surface area contributed by atoms with Crippen LogP contribution in [0.5, 0.6) is 57.5 Å². The van der Waals surface area contributed by atoms with Crippen LogP contribution in [0.15, 0.2) is 60.7 Å². The lowest BCUT2D eigenvalue weighted by molar-refractivity contribution is 0.376. The molecule has 5 aromatic rings. The summed E-state index contributed by atoms with van der Waals surface area (Å²) < 4.78 is 60.7. The second kappa shape index (κ2) is 23.0. The van der Waals surface area contributed by atoms with Gasteiger partial charge in [0.2, 0.25) is 0 Å². The van der Waals surface area contributed by atoms with E-state index in [0.29, 0.717) is 113 Å². The van der Waals surface area contributed by atoms with Gasteiger partial charge in [-0.15, -0.1) is 0 Å². The highest BCUT2D eigenvalue weighted by Gasteiger charge is 2.35. The molecule has 1 aliphatic rings. The van der Waals surface area contributed by atoms with Crippen LogP contribution in [0.1, 0.15) is 117 Å². The van der Waals surface area contributed by atoms with Gasteiger partial charge in [0, 0.05) is 148 Å². The van der Waals surface area contributed by atoms with Crippen LogP contribution in [0.2, 0.25) is 0 Å². The first-order valence-corrected chi connectivity index (χ1v) is 22.2. The maximum absolute atomic E-state index is 10.6. The lowest BCUT2D eigenvalue weighted by Gasteiger charge is -2.30. The minimum atomic E-state index is -0.730. The maximum atomic E-state index is 10.6. The highest BCUT2D eigenvalue weighted by molar-refractivity contribution is 5.64. The van der Waals surface area contributed by atoms with Crippen LogP contribution in [0, 0.1) is 56.7 Å². The number of fused-ring (bicyclic) bond motifs is 10. The average molecular weight is 946 g/mol. The summed E-state index contributed by atoms with van der Waals surface area (Å²) in [4.78, 5) is 0. The lowest BCUT2D eigenvalue weighted by Crippen LogP contribution is -2.14. The van der Waals surface area contributed by atoms with E-state index in [2.05, 4.69) is 30.3 Å². The monoisotopic (exact) mass is 945 g/mol. The summed E-state index contributed by atoms with van der Waals surface area (Å²) in [6.07, 6.45) is -0.302. The summed E-state index contributed by atoms with van der Waals surface area (Å²) in [6.45, 7) is 0. The minimum Gasteiger partial charge on any atom is -0.496 e. The number of methoxy groups -OCH3 is 10. The fourth-order valence-electron chi connectivity index (χ4n) is 9.86. The van der Waals surface area contributed by atoms with E-state index in [4.69, 9.17) is 47.4 Å². The molecule has 5 aromatic carbocycles. The molecule has 1 aliphatic carbocycles. The Balaban J connectivity index is 1.92. The van der Waals surface area contributed by atoms with Crippen molar-refractivity contribution in [2.24, 2.45) is 0 Å². The van der Waals surface area contributed by atoms with E-state index >= 15 is 0 Å². The van der Waals surface area contributed by atoms with Gasteiger partial charge < -0.3 is 47.4 Å². The molecule has 0 aliphatic heterocycles. The van der Waals surface area contributed by atoms with Gasteiger partial charge in [0.1, 0.15) is 57.5 Å². The van der Waals surface area contributed by atoms with Gasteiger partial charge in [-0.2, -0.15) is 26.3 Å². The van der Waals surface area contributed by atoms with Crippen LogP contribution in [-0.4, -0.2) is 71.1 Å². The molecule has 15 nitrogen and oxygen atoms in total. The topological polar surface area (TPSA) is 211 Å². The molecule has 0 unspecified atom stereocenters. The molecule has 15 heteroatoms. The number of ether oxygens (including phenoxy) is 10. The van der Waals surface area contributed by atoms with Crippen molar-refractivity contribution in [2.45, 2.75) is 61.7 Å². The molecule has 0 spiro atoms. The Morgan fingerprint density at radius 1 is 0.243 bits per heavy atom. The number of hydrogen-bond donors (Lipinski definition) is 0. The van der Waals surface area contributed by atoms with Crippen LogP contribution >= 0.6 is 0 Å². The Morgan fingerprint density at radius 3 is 0.443 bits per heavy atom. The second-order valence-electron chi connectivity index (χ2n) is 16.3. The van der Waals surface area contributed by atoms with Crippen molar-refractivity contribution in [1.82, 2.24) is 0 Å². The lowest BCUT2D eigenvalue weighted by atomic mass is 9.77. The maximum Gasteiger partial charge on any atom is 0.126 e. The van der Waals surface area contributed by atoms with Crippen LogP contribution in [0.25, 0.3) is 0 Å². The molecule has 0 saturated carbocycles. The Labute approximate surface area is 409 Å². The van der Waals surface area contributed by atoms with E-state index < -0.39 is 29.6 Å². The number of nitriles is 5. The van der Waals surface area contributed by atoms with E-state index in [-0.39, 0.29) is 32.1 Å². The molecular weight excluding hydrogens is 891 g/mol. The SMILES string of the molecule is COc1cc(OC)c2cc1C(CC#N)c1cc(c(OC)cc1OC)C(CC#N)c1cc(c(OC)cc1OC)C(CC#N)c1cc(c(OC)cc1OC)C(CC#N)c1cc(c(OC)cc1OC)C2CC#N. The third-order valence-corrected chi connectivity index (χ3v) is 13.1. The number of hydrogen-bond acceptors (Lipinski definition) is 15. The Bertz CT molecular complexity index is 2360. The number of rotatable bonds is 15. The van der Waals surface area contributed by atoms with Crippen LogP contribution in [0.4, 0.5) is 0 Å². The molecule has 0 saturated heterocycles. The quantitative estimate of drug-likeness (QED) is 0.0955. The van der Waals surface area contributed by atoms with Gasteiger partial charge in [-0.05, 0) is 30.3 Å². The molecule has 6 rings (SSSR count). The van der Waals surface area contributed by atoms with E-state index in [9.17, 15) is 26.3 Å². The fraction of sp³-hybridized carbons (Fsp3) is 0.364. The molecular formula is C55H55N5O10. The Kier molecular flexibility index (Phi) is 16.8. The third-order valence-electron chi connectivity index (χ3n) is 13.1. The normalized spacial score (nSPS) is 16.8. The summed E-state index contributed by atoms with van der Waals surface area (Å²) in [5.74, 6) is 0.338. The van der Waals surface area contributed by atoms with Crippen LogP contribution < -0.4 is 47.4 Å². The van der Waals surface area contributed by atoms with Crippen molar-refractivity contribution in [3.8, 4) is 87.8 Å². The molecule has 0 amide bonds. The first-order chi connectivity index (χ1) is 34.1. The average Bonchev–Trinajstić information content (AvgIpc) is 3.39. The van der Waals surface area contributed by atoms with E-state index in [1.807, 2.05) is 30.3 Å². The Hall–Kier alpha value is -8.45. The van der Waals surface area contributed by atoms with Gasteiger partial charge in [0.25, 0.3) is 0 Å². The molecule has 0 aromatic heterocycles. The van der Waals surface area contributed by atoms with Crippen molar-refractivity contribution < 1.29 is 47.4 Å². The van der Waals surface area contributed by atoms with E-state index in [1.165, 1.54) is 71.1 Å². The zero-order valence-corrected chi connectivity index (χ0v) is 41.0. The van der Waals surface area contributed by atoms with Gasteiger partial charge in [-0.1, -0.05) is 0 Å². The Morgan fingerprint density at radius 2 is 0.357 bits per heavy atom. The summed E-state index contributed by atoms with van der Waals surface area (Å²) in [6, 6.07) is 30.0. The highest BCUT2D eigenvalue weighted by Crippen LogP contribution is 2.53. The van der Waals surface area contributed by atoms with Crippen molar-refractivity contribution in [1.29, 1.82) is 26.3 Å². The van der Waals surface area contributed by atoms with Gasteiger partial charge in [-0.3, -0.25) is 0 Å². The van der Waals surface area contributed by atoms with E-state index in [1.54, 1.807) is 30.3 Å². The van der Waals surface area contributed by atoms with Gasteiger partial charge in [-0.25, -0.2) is 0 Å². The van der Waals surface area contributed by atoms with Gasteiger partial charge in [0.15, 0.2) is 0 Å². The smallest absolute Gasteiger partial charge is 0.126 e. The first-order valence-electron chi connectivity index (χ1n) is 22.2. The van der Waals surface area contributed by atoms with Crippen LogP contribution in [-0.2, 0) is 0 Å². The molecule has 0 radical (unpaired) electrons. The largest absolute Gasteiger partial charge is 0.496 e. The molecule has 0 heterocycles. The van der Waals surface area contributed by atoms with Crippen molar-refractivity contribution in [3.63, 3.8) is 0 Å². The predicted molar refractivity (Wildman–Crippen MR) is 258 cm³/mol. The second-order valence-corrected chi connectivity index (χ2v) is 16.3. The molecule has 0 fully saturated rings. The summed E-state index contributed by atoms with van der Waals surface area (Å²) >= 11 is 0. The predicted octanol–water partition coefficient (Wildman–Crippen LogP) is 10.3. The molecule has 70 heavy (non-hydrogen) atoms. The minimum absolute atomic E-state index is 0.0603. The first kappa shape index (κ1) is 51.0. The molecule has 10 bridgehead atoms. The molecule has 360 valence electrons. The fourth-order valence-corrected chi connectivity index (χ4v) is 9.86. The number of benzene rings is 5.